The van der Waals surface area contributed by atoms with E-state index in [1.54, 1.807) is 0 Å². The van der Waals surface area contributed by atoms with Crippen molar-refractivity contribution in [2.75, 3.05) is 19.8 Å². The zero-order valence-electron chi connectivity index (χ0n) is 39.9. The van der Waals surface area contributed by atoms with E-state index in [2.05, 4.69) is 57.2 Å². The molecule has 0 bridgehead atoms. The van der Waals surface area contributed by atoms with Gasteiger partial charge in [0.1, 0.15) is 19.8 Å². The molecule has 0 saturated carbocycles. The van der Waals surface area contributed by atoms with Crippen LogP contribution < -0.4 is 17.1 Å². The number of ether oxygens (including phenoxy) is 3. The van der Waals surface area contributed by atoms with Crippen molar-refractivity contribution >= 4 is 17.9 Å². The second-order valence-electron chi connectivity index (χ2n) is 16.7. The first-order valence-electron chi connectivity index (χ1n) is 25.1. The van der Waals surface area contributed by atoms with Gasteiger partial charge >= 0.3 is 35.0 Å². The van der Waals surface area contributed by atoms with E-state index in [1.165, 1.54) is 96.3 Å². The summed E-state index contributed by atoms with van der Waals surface area (Å²) in [6.45, 7) is 5.09. The monoisotopic (exact) mass is 886 g/mol. The van der Waals surface area contributed by atoms with Gasteiger partial charge in [0.2, 0.25) is 0 Å². The molecule has 360 valence electrons. The van der Waals surface area contributed by atoms with Crippen LogP contribution in [0.15, 0.2) is 50.8 Å². The number of hydrogen-bond acceptors (Lipinski definition) is 9. The van der Waals surface area contributed by atoms with Gasteiger partial charge in [-0.3, -0.25) is 14.4 Å². The quantitative estimate of drug-likeness (QED) is 0.0271. The van der Waals surface area contributed by atoms with Gasteiger partial charge in [0.15, 0.2) is 0 Å². The third kappa shape index (κ3) is 30.7. The molecule has 0 aliphatic rings. The maximum Gasteiger partial charge on any atom is 0.336 e. The number of esters is 3. The van der Waals surface area contributed by atoms with Crippen LogP contribution in [-0.2, 0) is 48.2 Å². The molecule has 1 rings (SSSR count). The van der Waals surface area contributed by atoms with Crippen LogP contribution in [0, 0.1) is 0 Å². The highest BCUT2D eigenvalue weighted by atomic mass is 16.5. The van der Waals surface area contributed by atoms with Gasteiger partial charge in [0, 0.05) is 19.3 Å². The molecule has 0 aliphatic carbocycles. The average Bonchev–Trinajstić information content (AvgIpc) is 3.27. The second kappa shape index (κ2) is 40.8. The minimum Gasteiger partial charge on any atom is -0.464 e. The predicted octanol–water partition coefficient (Wildman–Crippen LogP) is 11.2. The molecular formula is C51H87N3O9. The predicted molar refractivity (Wildman–Crippen MR) is 255 cm³/mol. The van der Waals surface area contributed by atoms with Gasteiger partial charge < -0.3 is 14.2 Å². The first-order valence-corrected chi connectivity index (χ1v) is 25.1. The van der Waals surface area contributed by atoms with Gasteiger partial charge in [-0.15, -0.1) is 0 Å². The summed E-state index contributed by atoms with van der Waals surface area (Å²) < 4.78 is 18.6. The molecule has 0 atom stereocenters. The van der Waals surface area contributed by atoms with Crippen molar-refractivity contribution in [3.8, 4) is 0 Å². The Labute approximate surface area is 379 Å². The normalized spacial score (nSPS) is 11.7. The van der Waals surface area contributed by atoms with E-state index < -0.39 is 35.0 Å². The Morgan fingerprint density at radius 2 is 0.571 bits per heavy atom. The fraction of sp³-hybridized carbons (Fsp3) is 0.765. The van der Waals surface area contributed by atoms with Crippen molar-refractivity contribution in [1.29, 1.82) is 0 Å². The molecule has 0 unspecified atom stereocenters. The molecule has 0 N–H and O–H groups in total. The van der Waals surface area contributed by atoms with Gasteiger partial charge in [0.05, 0.1) is 19.6 Å². The lowest BCUT2D eigenvalue weighted by Gasteiger charge is -2.14. The Balaban J connectivity index is 2.73. The molecule has 1 aromatic rings. The number of hydrogen-bond donors (Lipinski definition) is 0. The zero-order chi connectivity index (χ0) is 46.0. The summed E-state index contributed by atoms with van der Waals surface area (Å²) in [4.78, 5) is 77.9. The van der Waals surface area contributed by atoms with Crippen LogP contribution in [0.4, 0.5) is 0 Å². The number of carbonyl (C=O) groups is 3. The first kappa shape index (κ1) is 57.1. The lowest BCUT2D eigenvalue weighted by atomic mass is 10.1. The lowest BCUT2D eigenvalue weighted by Crippen LogP contribution is -2.55. The molecule has 12 nitrogen and oxygen atoms in total. The Kier molecular flexibility index (Phi) is 36.9. The van der Waals surface area contributed by atoms with E-state index in [0.29, 0.717) is 19.3 Å². The molecule has 1 heterocycles. The Hall–Kier alpha value is -3.96. The van der Waals surface area contributed by atoms with E-state index in [4.69, 9.17) is 14.2 Å². The largest absolute Gasteiger partial charge is 0.464 e. The van der Waals surface area contributed by atoms with E-state index in [9.17, 15) is 28.8 Å². The highest BCUT2D eigenvalue weighted by Crippen LogP contribution is 2.10. The molecule has 0 amide bonds. The minimum absolute atomic E-state index is 0.214. The van der Waals surface area contributed by atoms with E-state index >= 15 is 0 Å². The molecule has 0 aliphatic heterocycles. The van der Waals surface area contributed by atoms with Gasteiger partial charge in [-0.2, -0.15) is 0 Å². The second-order valence-corrected chi connectivity index (χ2v) is 16.7. The zero-order valence-corrected chi connectivity index (χ0v) is 39.9. The number of aromatic nitrogens is 3. The van der Waals surface area contributed by atoms with Crippen molar-refractivity contribution in [3.05, 3.63) is 67.9 Å². The molecule has 0 radical (unpaired) electrons. The summed E-state index contributed by atoms with van der Waals surface area (Å²) in [5.74, 6) is -1.30. The van der Waals surface area contributed by atoms with Crippen LogP contribution in [0.1, 0.15) is 213 Å². The summed E-state index contributed by atoms with van der Waals surface area (Å²) in [7, 11) is 0. The third-order valence-corrected chi connectivity index (χ3v) is 11.0. The minimum atomic E-state index is -0.898. The number of unbranched alkanes of at least 4 members (excludes halogenated alkanes) is 21. The van der Waals surface area contributed by atoms with E-state index in [-0.39, 0.29) is 58.7 Å². The van der Waals surface area contributed by atoms with Gasteiger partial charge in [0.25, 0.3) is 0 Å². The molecule has 1 aromatic heterocycles. The molecule has 0 fully saturated rings. The number of nitrogens with zero attached hydrogens (tertiary/aromatic N) is 3. The van der Waals surface area contributed by atoms with Crippen LogP contribution >= 0.6 is 0 Å². The Bertz CT molecular complexity index is 1390. The topological polar surface area (TPSA) is 145 Å². The Morgan fingerprint density at radius 3 is 0.810 bits per heavy atom. The highest BCUT2D eigenvalue weighted by molar-refractivity contribution is 5.69. The van der Waals surface area contributed by atoms with Gasteiger partial charge in [-0.05, 0) is 96.3 Å². The molecule has 63 heavy (non-hydrogen) atoms. The third-order valence-electron chi connectivity index (χ3n) is 11.0. The summed E-state index contributed by atoms with van der Waals surface area (Å²) in [5, 5.41) is 0. The summed E-state index contributed by atoms with van der Waals surface area (Å²) >= 11 is 0. The van der Waals surface area contributed by atoms with Crippen molar-refractivity contribution < 1.29 is 28.6 Å². The lowest BCUT2D eigenvalue weighted by molar-refractivity contribution is -0.144. The van der Waals surface area contributed by atoms with Crippen molar-refractivity contribution in [2.45, 2.75) is 233 Å². The number of rotatable bonds is 42. The standard InChI is InChI=1S/C51H87N3O9/c1-4-7-10-13-16-19-22-25-28-31-34-37-46(55)61-43-40-52-49(58)53(41-44-62-47(56)38-35-32-29-26-23-20-17-14-11-8-5-2)51(60)54(50(52)59)42-45-63-48(57)39-36-33-30-27-24-21-18-15-12-9-6-3/h22-27H,4-21,28-45H2,1-3H3/b25-22+,26-23+,27-24+. The summed E-state index contributed by atoms with van der Waals surface area (Å²) in [6, 6.07) is 0. The van der Waals surface area contributed by atoms with Crippen LogP contribution in [0.25, 0.3) is 0 Å². The van der Waals surface area contributed by atoms with Gasteiger partial charge in [-0.25, -0.2) is 28.1 Å². The van der Waals surface area contributed by atoms with E-state index in [0.717, 1.165) is 71.5 Å². The van der Waals surface area contributed by atoms with Gasteiger partial charge in [-0.1, -0.05) is 134 Å². The molecule has 12 heteroatoms. The first-order chi connectivity index (χ1) is 30.8. The maximum atomic E-state index is 13.5. The van der Waals surface area contributed by atoms with Crippen LogP contribution in [0.2, 0.25) is 0 Å². The molecule has 0 aromatic carbocycles. The maximum absolute atomic E-state index is 13.5. The highest BCUT2D eigenvalue weighted by Gasteiger charge is 2.17. The average molecular weight is 886 g/mol. The fourth-order valence-electron chi connectivity index (χ4n) is 7.12. The van der Waals surface area contributed by atoms with Crippen molar-refractivity contribution in [2.24, 2.45) is 0 Å². The fourth-order valence-corrected chi connectivity index (χ4v) is 7.12. The van der Waals surface area contributed by atoms with Crippen LogP contribution in [0.3, 0.4) is 0 Å². The van der Waals surface area contributed by atoms with E-state index in [1.807, 2.05) is 0 Å². The Morgan fingerprint density at radius 1 is 0.349 bits per heavy atom. The smallest absolute Gasteiger partial charge is 0.336 e. The van der Waals surface area contributed by atoms with Crippen LogP contribution in [0.5, 0.6) is 0 Å². The SMILES string of the molecule is CCCCCCC/C=C/CCCCC(=O)OCCn1c(=O)n(CCOC(=O)CCCC/C=C/CCCCCCC)c(=O)n(CCOC(=O)CCCC/C=C/CCCCCCC)c1=O. The molecule has 0 saturated heterocycles. The van der Waals surface area contributed by atoms with Crippen molar-refractivity contribution in [3.63, 3.8) is 0 Å². The van der Waals surface area contributed by atoms with Crippen LogP contribution in [-0.4, -0.2) is 51.4 Å². The number of allylic oxidation sites excluding steroid dienone is 6. The van der Waals surface area contributed by atoms with Crippen molar-refractivity contribution in [1.82, 2.24) is 13.7 Å². The molecular weight excluding hydrogens is 799 g/mol. The number of carbonyl (C=O) groups excluding carboxylic acids is 3. The summed E-state index contributed by atoms with van der Waals surface area (Å²) in [5.41, 5.74) is -2.69. The molecule has 0 spiro atoms. The summed E-state index contributed by atoms with van der Waals surface area (Å²) in [6.07, 6.45) is 42.9.